The Balaban J connectivity index is 2.19. The lowest BCUT2D eigenvalue weighted by molar-refractivity contribution is 0.338. The maximum atomic E-state index is 13.7. The standard InChI is InChI=1S/C13H18FNO/c1-2-16-11-3-4-13(14)12(9-11)10-5-7-15-8-6-10/h3-4,9-10,15H,2,5-8H2,1H3. The van der Waals surface area contributed by atoms with E-state index in [-0.39, 0.29) is 5.82 Å². The molecule has 1 saturated heterocycles. The molecule has 0 radical (unpaired) electrons. The lowest BCUT2D eigenvalue weighted by atomic mass is 9.90. The summed E-state index contributed by atoms with van der Waals surface area (Å²) in [6.45, 7) is 4.51. The molecule has 1 aromatic rings. The quantitative estimate of drug-likeness (QED) is 0.850. The molecule has 0 saturated carbocycles. The van der Waals surface area contributed by atoms with E-state index in [1.807, 2.05) is 13.0 Å². The van der Waals surface area contributed by atoms with E-state index in [0.29, 0.717) is 12.5 Å². The summed E-state index contributed by atoms with van der Waals surface area (Å²) in [5.74, 6) is 1.01. The van der Waals surface area contributed by atoms with Crippen LogP contribution in [-0.4, -0.2) is 19.7 Å². The van der Waals surface area contributed by atoms with E-state index in [4.69, 9.17) is 4.74 Å². The summed E-state index contributed by atoms with van der Waals surface area (Å²) in [7, 11) is 0. The first kappa shape index (κ1) is 11.4. The fourth-order valence-corrected chi connectivity index (χ4v) is 2.22. The van der Waals surface area contributed by atoms with E-state index in [2.05, 4.69) is 5.32 Å². The first-order chi connectivity index (χ1) is 7.81. The smallest absolute Gasteiger partial charge is 0.126 e. The Labute approximate surface area is 95.8 Å². The number of piperidine rings is 1. The Morgan fingerprint density at radius 2 is 2.12 bits per heavy atom. The van der Waals surface area contributed by atoms with E-state index in [0.717, 1.165) is 37.2 Å². The second-order valence-electron chi connectivity index (χ2n) is 4.14. The molecular weight excluding hydrogens is 205 g/mol. The van der Waals surface area contributed by atoms with Crippen molar-refractivity contribution < 1.29 is 9.13 Å². The molecule has 1 aliphatic rings. The predicted octanol–water partition coefficient (Wildman–Crippen LogP) is 2.69. The summed E-state index contributed by atoms with van der Waals surface area (Å²) in [4.78, 5) is 0. The SMILES string of the molecule is CCOc1ccc(F)c(C2CCNCC2)c1. The highest BCUT2D eigenvalue weighted by Gasteiger charge is 2.19. The molecular formula is C13H18FNO. The summed E-state index contributed by atoms with van der Waals surface area (Å²) < 4.78 is 19.1. The molecule has 2 rings (SSSR count). The van der Waals surface area contributed by atoms with Crippen LogP contribution in [0.15, 0.2) is 18.2 Å². The van der Waals surface area contributed by atoms with Crippen LogP contribution in [0.3, 0.4) is 0 Å². The highest BCUT2D eigenvalue weighted by Crippen LogP contribution is 2.30. The molecule has 16 heavy (non-hydrogen) atoms. The van der Waals surface area contributed by atoms with Crippen molar-refractivity contribution in [2.45, 2.75) is 25.7 Å². The molecule has 1 N–H and O–H groups in total. The number of rotatable bonds is 3. The van der Waals surface area contributed by atoms with Crippen molar-refractivity contribution in [3.05, 3.63) is 29.6 Å². The zero-order valence-electron chi connectivity index (χ0n) is 9.63. The van der Waals surface area contributed by atoms with Gasteiger partial charge in [0.25, 0.3) is 0 Å². The maximum Gasteiger partial charge on any atom is 0.126 e. The molecule has 0 aromatic heterocycles. The molecule has 0 unspecified atom stereocenters. The Kier molecular flexibility index (Phi) is 3.78. The van der Waals surface area contributed by atoms with Gasteiger partial charge in [-0.25, -0.2) is 4.39 Å². The van der Waals surface area contributed by atoms with Crippen LogP contribution in [0.5, 0.6) is 5.75 Å². The van der Waals surface area contributed by atoms with Gasteiger partial charge in [-0.05, 0) is 62.5 Å². The van der Waals surface area contributed by atoms with Crippen LogP contribution in [0.1, 0.15) is 31.2 Å². The van der Waals surface area contributed by atoms with E-state index in [1.54, 1.807) is 6.07 Å². The van der Waals surface area contributed by atoms with Gasteiger partial charge in [-0.2, -0.15) is 0 Å². The summed E-state index contributed by atoms with van der Waals surface area (Å²) >= 11 is 0. The summed E-state index contributed by atoms with van der Waals surface area (Å²) in [6.07, 6.45) is 2.01. The van der Waals surface area contributed by atoms with Gasteiger partial charge in [-0.3, -0.25) is 0 Å². The number of benzene rings is 1. The molecule has 88 valence electrons. The molecule has 0 atom stereocenters. The van der Waals surface area contributed by atoms with Crippen molar-refractivity contribution in [1.29, 1.82) is 0 Å². The van der Waals surface area contributed by atoms with Gasteiger partial charge in [0.05, 0.1) is 6.61 Å². The summed E-state index contributed by atoms with van der Waals surface area (Å²) in [5, 5.41) is 3.29. The zero-order chi connectivity index (χ0) is 11.4. The van der Waals surface area contributed by atoms with Crippen LogP contribution in [-0.2, 0) is 0 Å². The average molecular weight is 223 g/mol. The monoisotopic (exact) mass is 223 g/mol. The predicted molar refractivity (Wildman–Crippen MR) is 62.4 cm³/mol. The van der Waals surface area contributed by atoms with E-state index in [1.165, 1.54) is 6.07 Å². The molecule has 1 aromatic carbocycles. The highest BCUT2D eigenvalue weighted by atomic mass is 19.1. The number of hydrogen-bond acceptors (Lipinski definition) is 2. The van der Waals surface area contributed by atoms with Gasteiger partial charge in [-0.1, -0.05) is 0 Å². The van der Waals surface area contributed by atoms with Gasteiger partial charge in [0.1, 0.15) is 11.6 Å². The first-order valence-electron chi connectivity index (χ1n) is 5.94. The number of nitrogens with one attached hydrogen (secondary N) is 1. The van der Waals surface area contributed by atoms with Crippen molar-refractivity contribution in [2.24, 2.45) is 0 Å². The summed E-state index contributed by atoms with van der Waals surface area (Å²) in [5.41, 5.74) is 0.812. The highest BCUT2D eigenvalue weighted by molar-refractivity contribution is 5.32. The van der Waals surface area contributed by atoms with Gasteiger partial charge in [-0.15, -0.1) is 0 Å². The minimum Gasteiger partial charge on any atom is -0.494 e. The van der Waals surface area contributed by atoms with E-state index < -0.39 is 0 Å². The van der Waals surface area contributed by atoms with Gasteiger partial charge in [0, 0.05) is 0 Å². The Bertz CT molecular complexity index is 348. The fourth-order valence-electron chi connectivity index (χ4n) is 2.22. The van der Waals surface area contributed by atoms with Crippen molar-refractivity contribution in [3.63, 3.8) is 0 Å². The number of halogens is 1. The Morgan fingerprint density at radius 3 is 2.81 bits per heavy atom. The lowest BCUT2D eigenvalue weighted by Crippen LogP contribution is -2.27. The molecule has 1 heterocycles. The normalized spacial score (nSPS) is 17.4. The molecule has 0 amide bonds. The third-order valence-electron chi connectivity index (χ3n) is 3.06. The first-order valence-corrected chi connectivity index (χ1v) is 5.94. The summed E-state index contributed by atoms with van der Waals surface area (Å²) in [6, 6.07) is 5.07. The van der Waals surface area contributed by atoms with Crippen molar-refractivity contribution in [2.75, 3.05) is 19.7 Å². The Hall–Kier alpha value is -1.09. The third-order valence-corrected chi connectivity index (χ3v) is 3.06. The fraction of sp³-hybridized carbons (Fsp3) is 0.538. The Morgan fingerprint density at radius 1 is 1.38 bits per heavy atom. The molecule has 1 aliphatic heterocycles. The van der Waals surface area contributed by atoms with E-state index >= 15 is 0 Å². The van der Waals surface area contributed by atoms with Crippen LogP contribution in [0, 0.1) is 5.82 Å². The molecule has 2 nitrogen and oxygen atoms in total. The lowest BCUT2D eigenvalue weighted by Gasteiger charge is -2.23. The average Bonchev–Trinajstić information content (AvgIpc) is 2.33. The van der Waals surface area contributed by atoms with Crippen LogP contribution >= 0.6 is 0 Å². The van der Waals surface area contributed by atoms with Crippen LogP contribution < -0.4 is 10.1 Å². The largest absolute Gasteiger partial charge is 0.494 e. The number of ether oxygens (including phenoxy) is 1. The van der Waals surface area contributed by atoms with Crippen LogP contribution in [0.4, 0.5) is 4.39 Å². The van der Waals surface area contributed by atoms with E-state index in [9.17, 15) is 4.39 Å². The molecule has 0 aliphatic carbocycles. The topological polar surface area (TPSA) is 21.3 Å². The van der Waals surface area contributed by atoms with Crippen LogP contribution in [0.25, 0.3) is 0 Å². The van der Waals surface area contributed by atoms with Gasteiger partial charge in [0.15, 0.2) is 0 Å². The zero-order valence-corrected chi connectivity index (χ0v) is 9.63. The molecule has 0 bridgehead atoms. The van der Waals surface area contributed by atoms with Gasteiger partial charge < -0.3 is 10.1 Å². The minimum atomic E-state index is -0.102. The third kappa shape index (κ3) is 2.53. The molecule has 0 spiro atoms. The minimum absolute atomic E-state index is 0.102. The van der Waals surface area contributed by atoms with Crippen molar-refractivity contribution >= 4 is 0 Å². The van der Waals surface area contributed by atoms with Crippen LogP contribution in [0.2, 0.25) is 0 Å². The molecule has 3 heteroatoms. The maximum absolute atomic E-state index is 13.7. The molecule has 1 fully saturated rings. The van der Waals surface area contributed by atoms with Crippen molar-refractivity contribution in [3.8, 4) is 5.75 Å². The van der Waals surface area contributed by atoms with Gasteiger partial charge >= 0.3 is 0 Å². The van der Waals surface area contributed by atoms with Crippen molar-refractivity contribution in [1.82, 2.24) is 5.32 Å². The second kappa shape index (κ2) is 5.30. The second-order valence-corrected chi connectivity index (χ2v) is 4.14. The van der Waals surface area contributed by atoms with Gasteiger partial charge in [0.2, 0.25) is 0 Å². The number of hydrogen-bond donors (Lipinski definition) is 1.